The first-order valence-electron chi connectivity index (χ1n) is 6.38. The van der Waals surface area contributed by atoms with Gasteiger partial charge in [0.15, 0.2) is 6.10 Å². The Hall–Kier alpha value is -1.14. The standard InChI is InChI=1S/C12H19NO5/c1-2-9-8(3-5-17-9)11(14)13-4-6-18-10(7-13)12(15)16/h8-10H,2-7H2,1H3,(H,15,16). The van der Waals surface area contributed by atoms with Crippen LogP contribution in [-0.2, 0) is 19.1 Å². The van der Waals surface area contributed by atoms with Gasteiger partial charge >= 0.3 is 5.97 Å². The van der Waals surface area contributed by atoms with Crippen molar-refractivity contribution >= 4 is 11.9 Å². The van der Waals surface area contributed by atoms with Crippen LogP contribution in [0.5, 0.6) is 0 Å². The van der Waals surface area contributed by atoms with Gasteiger partial charge in [-0.05, 0) is 12.8 Å². The maximum absolute atomic E-state index is 12.3. The van der Waals surface area contributed by atoms with E-state index in [1.54, 1.807) is 4.90 Å². The largest absolute Gasteiger partial charge is 0.479 e. The third kappa shape index (κ3) is 2.64. The molecule has 2 saturated heterocycles. The summed E-state index contributed by atoms with van der Waals surface area (Å²) in [6, 6.07) is 0. The highest BCUT2D eigenvalue weighted by molar-refractivity contribution is 5.81. The van der Waals surface area contributed by atoms with E-state index in [1.807, 2.05) is 6.92 Å². The number of hydrogen-bond donors (Lipinski definition) is 1. The second kappa shape index (κ2) is 5.67. The summed E-state index contributed by atoms with van der Waals surface area (Å²) in [7, 11) is 0. The molecule has 2 aliphatic rings. The third-order valence-corrected chi connectivity index (χ3v) is 3.58. The number of carboxylic acid groups (broad SMARTS) is 1. The lowest BCUT2D eigenvalue weighted by molar-refractivity contribution is -0.161. The minimum Gasteiger partial charge on any atom is -0.479 e. The third-order valence-electron chi connectivity index (χ3n) is 3.58. The van der Waals surface area contributed by atoms with E-state index in [4.69, 9.17) is 14.6 Å². The molecule has 2 fully saturated rings. The van der Waals surface area contributed by atoms with Gasteiger partial charge in [0.2, 0.25) is 5.91 Å². The van der Waals surface area contributed by atoms with E-state index in [1.165, 1.54) is 0 Å². The number of ether oxygens (including phenoxy) is 2. The Kier molecular flexibility index (Phi) is 4.19. The van der Waals surface area contributed by atoms with Crippen molar-refractivity contribution in [2.24, 2.45) is 5.92 Å². The van der Waals surface area contributed by atoms with Gasteiger partial charge in [0.25, 0.3) is 0 Å². The number of nitrogens with zero attached hydrogens (tertiary/aromatic N) is 1. The lowest BCUT2D eigenvalue weighted by Gasteiger charge is -2.33. The Bertz CT molecular complexity index is 332. The molecule has 6 nitrogen and oxygen atoms in total. The highest BCUT2D eigenvalue weighted by Crippen LogP contribution is 2.26. The average molecular weight is 257 g/mol. The van der Waals surface area contributed by atoms with Crippen molar-refractivity contribution in [1.29, 1.82) is 0 Å². The van der Waals surface area contributed by atoms with Crippen LogP contribution in [0.15, 0.2) is 0 Å². The highest BCUT2D eigenvalue weighted by atomic mass is 16.5. The Morgan fingerprint density at radius 3 is 2.78 bits per heavy atom. The van der Waals surface area contributed by atoms with Crippen LogP contribution >= 0.6 is 0 Å². The van der Waals surface area contributed by atoms with Gasteiger partial charge in [-0.3, -0.25) is 4.79 Å². The van der Waals surface area contributed by atoms with Gasteiger partial charge in [-0.25, -0.2) is 4.79 Å². The first kappa shape index (κ1) is 13.3. The number of carbonyl (C=O) groups is 2. The lowest BCUT2D eigenvalue weighted by Crippen LogP contribution is -2.51. The summed E-state index contributed by atoms with van der Waals surface area (Å²) in [6.07, 6.45) is 0.615. The van der Waals surface area contributed by atoms with Gasteiger partial charge in [0.05, 0.1) is 25.2 Å². The van der Waals surface area contributed by atoms with Gasteiger partial charge in [-0.1, -0.05) is 6.92 Å². The van der Waals surface area contributed by atoms with Crippen LogP contribution in [0.25, 0.3) is 0 Å². The van der Waals surface area contributed by atoms with Crippen molar-refractivity contribution in [2.75, 3.05) is 26.3 Å². The molecule has 18 heavy (non-hydrogen) atoms. The molecule has 2 heterocycles. The lowest BCUT2D eigenvalue weighted by atomic mass is 9.97. The van der Waals surface area contributed by atoms with Crippen molar-refractivity contribution in [2.45, 2.75) is 32.0 Å². The van der Waals surface area contributed by atoms with Crippen LogP contribution in [0.3, 0.4) is 0 Å². The van der Waals surface area contributed by atoms with Crippen LogP contribution in [0.2, 0.25) is 0 Å². The molecule has 2 rings (SSSR count). The number of carboxylic acids is 1. The summed E-state index contributed by atoms with van der Waals surface area (Å²) in [6.45, 7) is 3.50. The molecule has 102 valence electrons. The molecule has 0 radical (unpaired) electrons. The molecule has 0 spiro atoms. The molecule has 0 aromatic rings. The Labute approximate surface area is 106 Å². The maximum Gasteiger partial charge on any atom is 0.334 e. The topological polar surface area (TPSA) is 76.1 Å². The molecule has 3 atom stereocenters. The monoisotopic (exact) mass is 257 g/mol. The van der Waals surface area contributed by atoms with E-state index in [0.29, 0.717) is 13.2 Å². The first-order valence-corrected chi connectivity index (χ1v) is 6.38. The minimum absolute atomic E-state index is 0.00824. The zero-order chi connectivity index (χ0) is 13.1. The highest BCUT2D eigenvalue weighted by Gasteiger charge is 2.38. The van der Waals surface area contributed by atoms with Gasteiger partial charge in [0.1, 0.15) is 0 Å². The van der Waals surface area contributed by atoms with Crippen molar-refractivity contribution < 1.29 is 24.2 Å². The zero-order valence-corrected chi connectivity index (χ0v) is 10.5. The van der Waals surface area contributed by atoms with Gasteiger partial charge in [0, 0.05) is 13.2 Å². The number of aliphatic carboxylic acids is 1. The molecule has 2 aliphatic heterocycles. The fraction of sp³-hybridized carbons (Fsp3) is 0.833. The van der Waals surface area contributed by atoms with E-state index in [9.17, 15) is 9.59 Å². The Morgan fingerprint density at radius 1 is 1.33 bits per heavy atom. The summed E-state index contributed by atoms with van der Waals surface area (Å²) in [5.41, 5.74) is 0. The Morgan fingerprint density at radius 2 is 2.11 bits per heavy atom. The zero-order valence-electron chi connectivity index (χ0n) is 10.5. The van der Waals surface area contributed by atoms with Crippen LogP contribution < -0.4 is 0 Å². The molecule has 6 heteroatoms. The molecule has 0 aromatic heterocycles. The van der Waals surface area contributed by atoms with Gasteiger partial charge in [-0.2, -0.15) is 0 Å². The van der Waals surface area contributed by atoms with Crippen LogP contribution in [0.1, 0.15) is 19.8 Å². The number of amides is 1. The van der Waals surface area contributed by atoms with Crippen molar-refractivity contribution in [3.63, 3.8) is 0 Å². The summed E-state index contributed by atoms with van der Waals surface area (Å²) < 4.78 is 10.6. The van der Waals surface area contributed by atoms with Crippen LogP contribution in [0, 0.1) is 5.92 Å². The second-order valence-electron chi connectivity index (χ2n) is 4.69. The number of hydrogen-bond acceptors (Lipinski definition) is 4. The molecule has 0 aromatic carbocycles. The molecule has 0 bridgehead atoms. The summed E-state index contributed by atoms with van der Waals surface area (Å²) in [5.74, 6) is -1.13. The van der Waals surface area contributed by atoms with E-state index in [2.05, 4.69) is 0 Å². The van der Waals surface area contributed by atoms with Crippen molar-refractivity contribution in [3.8, 4) is 0 Å². The molecular weight excluding hydrogens is 238 g/mol. The first-order chi connectivity index (χ1) is 8.63. The SMILES string of the molecule is CCC1OCCC1C(=O)N1CCOC(C(=O)O)C1. The number of rotatable bonds is 3. The van der Waals surface area contributed by atoms with Crippen LogP contribution in [0.4, 0.5) is 0 Å². The predicted octanol–water partition coefficient (Wildman–Crippen LogP) is 0.114. The second-order valence-corrected chi connectivity index (χ2v) is 4.69. The van der Waals surface area contributed by atoms with E-state index >= 15 is 0 Å². The average Bonchev–Trinajstić information content (AvgIpc) is 2.86. The van der Waals surface area contributed by atoms with E-state index in [-0.39, 0.29) is 31.1 Å². The molecule has 3 unspecified atom stereocenters. The normalized spacial score (nSPS) is 32.5. The maximum atomic E-state index is 12.3. The quantitative estimate of drug-likeness (QED) is 0.776. The molecular formula is C12H19NO5. The number of carbonyl (C=O) groups excluding carboxylic acids is 1. The fourth-order valence-electron chi connectivity index (χ4n) is 2.57. The smallest absolute Gasteiger partial charge is 0.334 e. The number of morpholine rings is 1. The Balaban J connectivity index is 1.98. The molecule has 0 aliphatic carbocycles. The van der Waals surface area contributed by atoms with Gasteiger partial charge < -0.3 is 19.5 Å². The van der Waals surface area contributed by atoms with Crippen LogP contribution in [-0.4, -0.2) is 60.4 Å². The predicted molar refractivity (Wildman–Crippen MR) is 62.1 cm³/mol. The van der Waals surface area contributed by atoms with Gasteiger partial charge in [-0.15, -0.1) is 0 Å². The summed E-state index contributed by atoms with van der Waals surface area (Å²) >= 11 is 0. The fourth-order valence-corrected chi connectivity index (χ4v) is 2.57. The van der Waals surface area contributed by atoms with E-state index in [0.717, 1.165) is 12.8 Å². The minimum atomic E-state index is -1.01. The van der Waals surface area contributed by atoms with Crippen molar-refractivity contribution in [3.05, 3.63) is 0 Å². The molecule has 1 amide bonds. The summed E-state index contributed by atoms with van der Waals surface area (Å²) in [5, 5.41) is 8.91. The van der Waals surface area contributed by atoms with E-state index < -0.39 is 12.1 Å². The molecule has 0 saturated carbocycles. The molecule has 1 N–H and O–H groups in total. The van der Waals surface area contributed by atoms with Crippen molar-refractivity contribution in [1.82, 2.24) is 4.90 Å². The summed E-state index contributed by atoms with van der Waals surface area (Å²) in [4.78, 5) is 24.8.